The molecule has 21 heavy (non-hydrogen) atoms. The lowest BCUT2D eigenvalue weighted by molar-refractivity contribution is 0.603. The van der Waals surface area contributed by atoms with Crippen molar-refractivity contribution < 1.29 is 4.39 Å². The summed E-state index contributed by atoms with van der Waals surface area (Å²) in [4.78, 5) is 2.05. The van der Waals surface area contributed by atoms with E-state index < -0.39 is 0 Å². The summed E-state index contributed by atoms with van der Waals surface area (Å²) in [6.07, 6.45) is 0.390. The first-order valence-electron chi connectivity index (χ1n) is 6.90. The SMILES string of the molecule is N#CCCN(c1ccccc1)C(CN)c1cccc(F)c1. The molecule has 0 spiro atoms. The van der Waals surface area contributed by atoms with Gasteiger partial charge in [-0.05, 0) is 29.8 Å². The topological polar surface area (TPSA) is 53.0 Å². The summed E-state index contributed by atoms with van der Waals surface area (Å²) in [7, 11) is 0. The first kappa shape index (κ1) is 15.0. The Morgan fingerprint density at radius 2 is 1.90 bits per heavy atom. The average Bonchev–Trinajstić information content (AvgIpc) is 2.52. The molecular weight excluding hydrogens is 265 g/mol. The fourth-order valence-corrected chi connectivity index (χ4v) is 2.41. The molecule has 0 aliphatic carbocycles. The third-order valence-electron chi connectivity index (χ3n) is 3.39. The lowest BCUT2D eigenvalue weighted by Gasteiger charge is -2.33. The smallest absolute Gasteiger partial charge is 0.123 e. The molecule has 0 saturated carbocycles. The van der Waals surface area contributed by atoms with E-state index >= 15 is 0 Å². The second-order valence-corrected chi connectivity index (χ2v) is 4.74. The van der Waals surface area contributed by atoms with Crippen LogP contribution in [0.5, 0.6) is 0 Å². The number of hydrogen-bond acceptors (Lipinski definition) is 3. The number of anilines is 1. The largest absolute Gasteiger partial charge is 0.362 e. The van der Waals surface area contributed by atoms with Gasteiger partial charge in [0, 0.05) is 18.8 Å². The number of nitrogens with two attached hydrogens (primary N) is 1. The standard InChI is InChI=1S/C17H18FN3/c18-15-7-4-6-14(12-15)17(13-20)21(11-5-10-19)16-8-2-1-3-9-16/h1-4,6-9,12,17H,5,11,13,20H2. The number of hydrogen-bond donors (Lipinski definition) is 1. The molecule has 2 N–H and O–H groups in total. The van der Waals surface area contributed by atoms with Crippen LogP contribution < -0.4 is 10.6 Å². The monoisotopic (exact) mass is 283 g/mol. The molecule has 3 nitrogen and oxygen atoms in total. The minimum atomic E-state index is -0.278. The molecule has 0 aliphatic rings. The molecule has 1 unspecified atom stereocenters. The highest BCUT2D eigenvalue weighted by molar-refractivity contribution is 5.49. The second-order valence-electron chi connectivity index (χ2n) is 4.74. The summed E-state index contributed by atoms with van der Waals surface area (Å²) in [5, 5.41) is 8.86. The van der Waals surface area contributed by atoms with Gasteiger partial charge in [-0.1, -0.05) is 30.3 Å². The predicted octanol–water partition coefficient (Wildman–Crippen LogP) is 3.25. The molecule has 2 aromatic rings. The van der Waals surface area contributed by atoms with Crippen LogP contribution in [0.2, 0.25) is 0 Å². The fourth-order valence-electron chi connectivity index (χ4n) is 2.41. The van der Waals surface area contributed by atoms with Gasteiger partial charge in [0.15, 0.2) is 0 Å². The van der Waals surface area contributed by atoms with Crippen LogP contribution in [-0.2, 0) is 0 Å². The molecule has 0 bridgehead atoms. The molecule has 4 heteroatoms. The van der Waals surface area contributed by atoms with Gasteiger partial charge in [-0.25, -0.2) is 4.39 Å². The number of nitriles is 1. The third kappa shape index (κ3) is 3.80. The minimum Gasteiger partial charge on any atom is -0.362 e. The molecule has 0 fully saturated rings. The van der Waals surface area contributed by atoms with Gasteiger partial charge in [0.05, 0.1) is 18.5 Å². The maximum Gasteiger partial charge on any atom is 0.123 e. The highest BCUT2D eigenvalue weighted by Crippen LogP contribution is 2.27. The molecule has 0 saturated heterocycles. The molecule has 1 atom stereocenters. The van der Waals surface area contributed by atoms with Crippen molar-refractivity contribution in [3.05, 3.63) is 66.0 Å². The first-order chi connectivity index (χ1) is 10.3. The van der Waals surface area contributed by atoms with Gasteiger partial charge in [-0.2, -0.15) is 5.26 Å². The van der Waals surface area contributed by atoms with Crippen LogP contribution in [0, 0.1) is 17.1 Å². The lowest BCUT2D eigenvalue weighted by atomic mass is 10.0. The molecule has 108 valence electrons. The van der Waals surface area contributed by atoms with Crippen LogP contribution in [0.15, 0.2) is 54.6 Å². The van der Waals surface area contributed by atoms with E-state index in [-0.39, 0.29) is 11.9 Å². The Hall–Kier alpha value is -2.38. The summed E-state index contributed by atoms with van der Waals surface area (Å²) in [6.45, 7) is 0.905. The van der Waals surface area contributed by atoms with E-state index in [0.29, 0.717) is 19.5 Å². The molecule has 0 heterocycles. The van der Waals surface area contributed by atoms with Gasteiger partial charge in [-0.15, -0.1) is 0 Å². The molecule has 0 amide bonds. The Labute approximate surface area is 124 Å². The zero-order valence-electron chi connectivity index (χ0n) is 11.7. The van der Waals surface area contributed by atoms with Crippen LogP contribution in [0.1, 0.15) is 18.0 Å². The maximum atomic E-state index is 13.5. The zero-order chi connectivity index (χ0) is 15.1. The van der Waals surface area contributed by atoms with E-state index in [1.54, 1.807) is 6.07 Å². The number of rotatable bonds is 6. The fraction of sp³-hybridized carbons (Fsp3) is 0.235. The molecule has 0 radical (unpaired) electrons. The van der Waals surface area contributed by atoms with E-state index in [0.717, 1.165) is 11.3 Å². The maximum absolute atomic E-state index is 13.5. The van der Waals surface area contributed by atoms with Crippen molar-refractivity contribution in [1.29, 1.82) is 5.26 Å². The van der Waals surface area contributed by atoms with E-state index in [2.05, 4.69) is 11.0 Å². The molecule has 2 aromatic carbocycles. The highest BCUT2D eigenvalue weighted by atomic mass is 19.1. The van der Waals surface area contributed by atoms with Gasteiger partial charge in [0.1, 0.15) is 5.82 Å². The second kappa shape index (κ2) is 7.41. The van der Waals surface area contributed by atoms with Gasteiger partial charge < -0.3 is 10.6 Å². The molecule has 2 rings (SSSR count). The molecule has 0 aromatic heterocycles. The number of nitrogens with zero attached hydrogens (tertiary/aromatic N) is 2. The Balaban J connectivity index is 2.35. The Bertz CT molecular complexity index is 607. The van der Waals surface area contributed by atoms with Gasteiger partial charge in [0.25, 0.3) is 0 Å². The zero-order valence-corrected chi connectivity index (χ0v) is 11.7. The van der Waals surface area contributed by atoms with E-state index in [1.807, 2.05) is 36.4 Å². The normalized spacial score (nSPS) is 11.7. The predicted molar refractivity (Wildman–Crippen MR) is 82.2 cm³/mol. The summed E-state index contributed by atoms with van der Waals surface area (Å²) < 4.78 is 13.5. The van der Waals surface area contributed by atoms with Crippen molar-refractivity contribution in [1.82, 2.24) is 0 Å². The van der Waals surface area contributed by atoms with Crippen molar-refractivity contribution in [3.8, 4) is 6.07 Å². The number of para-hydroxylation sites is 1. The van der Waals surface area contributed by atoms with Crippen LogP contribution in [0.3, 0.4) is 0 Å². The first-order valence-corrected chi connectivity index (χ1v) is 6.90. The molecule has 0 aliphatic heterocycles. The number of halogens is 1. The Morgan fingerprint density at radius 3 is 2.52 bits per heavy atom. The summed E-state index contributed by atoms with van der Waals surface area (Å²) in [5.74, 6) is -0.278. The minimum absolute atomic E-state index is 0.156. The van der Waals surface area contributed by atoms with Crippen LogP contribution in [-0.4, -0.2) is 13.1 Å². The van der Waals surface area contributed by atoms with Crippen molar-refractivity contribution in [2.24, 2.45) is 5.73 Å². The van der Waals surface area contributed by atoms with Crippen molar-refractivity contribution in [3.63, 3.8) is 0 Å². The summed E-state index contributed by atoms with van der Waals surface area (Å²) >= 11 is 0. The van der Waals surface area contributed by atoms with Gasteiger partial charge >= 0.3 is 0 Å². The average molecular weight is 283 g/mol. The summed E-state index contributed by atoms with van der Waals surface area (Å²) in [6, 6.07) is 18.2. The highest BCUT2D eigenvalue weighted by Gasteiger charge is 2.19. The Kier molecular flexibility index (Phi) is 5.30. The third-order valence-corrected chi connectivity index (χ3v) is 3.39. The van der Waals surface area contributed by atoms with Crippen molar-refractivity contribution >= 4 is 5.69 Å². The van der Waals surface area contributed by atoms with Crippen molar-refractivity contribution in [2.45, 2.75) is 12.5 Å². The van der Waals surface area contributed by atoms with Gasteiger partial charge in [0.2, 0.25) is 0 Å². The number of benzene rings is 2. The van der Waals surface area contributed by atoms with Gasteiger partial charge in [-0.3, -0.25) is 0 Å². The van der Waals surface area contributed by atoms with Crippen LogP contribution in [0.4, 0.5) is 10.1 Å². The van der Waals surface area contributed by atoms with Crippen LogP contribution >= 0.6 is 0 Å². The van der Waals surface area contributed by atoms with Crippen LogP contribution in [0.25, 0.3) is 0 Å². The van der Waals surface area contributed by atoms with Crippen molar-refractivity contribution in [2.75, 3.05) is 18.0 Å². The quantitative estimate of drug-likeness (QED) is 0.885. The van der Waals surface area contributed by atoms with E-state index in [1.165, 1.54) is 12.1 Å². The lowest BCUT2D eigenvalue weighted by Crippen LogP contribution is -2.34. The van der Waals surface area contributed by atoms with E-state index in [9.17, 15) is 4.39 Å². The Morgan fingerprint density at radius 1 is 1.14 bits per heavy atom. The van der Waals surface area contributed by atoms with E-state index in [4.69, 9.17) is 11.0 Å². The summed E-state index contributed by atoms with van der Waals surface area (Å²) in [5.41, 5.74) is 7.72. The molecular formula is C17H18FN3.